The summed E-state index contributed by atoms with van der Waals surface area (Å²) in [5, 5.41) is 0. The van der Waals surface area contributed by atoms with Gasteiger partial charge in [-0.25, -0.2) is 0 Å². The third kappa shape index (κ3) is 3.76. The summed E-state index contributed by atoms with van der Waals surface area (Å²) in [4.78, 5) is 16.2. The SMILES string of the molecule is CN1CCN(C(=O)CC(N)C(C)(C)C)CC1. The van der Waals surface area contributed by atoms with Gasteiger partial charge < -0.3 is 15.5 Å². The van der Waals surface area contributed by atoms with E-state index >= 15 is 0 Å². The second-order valence-electron chi connectivity index (χ2n) is 5.86. The van der Waals surface area contributed by atoms with Crippen LogP contribution in [-0.2, 0) is 4.79 Å². The van der Waals surface area contributed by atoms with Crippen LogP contribution in [0.25, 0.3) is 0 Å². The predicted octanol–water partition coefficient (Wildman–Crippen LogP) is 0.524. The Morgan fingerprint density at radius 2 is 1.75 bits per heavy atom. The smallest absolute Gasteiger partial charge is 0.224 e. The fourth-order valence-electron chi connectivity index (χ4n) is 1.68. The fourth-order valence-corrected chi connectivity index (χ4v) is 1.68. The molecule has 1 aliphatic heterocycles. The van der Waals surface area contributed by atoms with Gasteiger partial charge in [0.05, 0.1) is 0 Å². The molecule has 4 heteroatoms. The molecule has 1 saturated heterocycles. The van der Waals surface area contributed by atoms with Crippen molar-refractivity contribution < 1.29 is 4.79 Å². The highest BCUT2D eigenvalue weighted by Gasteiger charge is 2.26. The van der Waals surface area contributed by atoms with E-state index in [1.807, 2.05) is 4.90 Å². The second-order valence-corrected chi connectivity index (χ2v) is 5.86. The van der Waals surface area contributed by atoms with Crippen LogP contribution in [0.15, 0.2) is 0 Å². The van der Waals surface area contributed by atoms with Gasteiger partial charge in [0.25, 0.3) is 0 Å². The Balaban J connectivity index is 2.41. The van der Waals surface area contributed by atoms with Crippen molar-refractivity contribution in [3.8, 4) is 0 Å². The quantitative estimate of drug-likeness (QED) is 0.748. The number of carbonyl (C=O) groups excluding carboxylic acids is 1. The highest BCUT2D eigenvalue weighted by Crippen LogP contribution is 2.20. The molecule has 0 aromatic heterocycles. The molecule has 0 aromatic rings. The van der Waals surface area contributed by atoms with Gasteiger partial charge in [-0.1, -0.05) is 20.8 Å². The van der Waals surface area contributed by atoms with E-state index in [1.165, 1.54) is 0 Å². The van der Waals surface area contributed by atoms with Crippen molar-refractivity contribution in [1.82, 2.24) is 9.80 Å². The number of likely N-dealkylation sites (N-methyl/N-ethyl adjacent to an activating group) is 1. The van der Waals surface area contributed by atoms with E-state index < -0.39 is 0 Å². The van der Waals surface area contributed by atoms with Gasteiger partial charge in [-0.2, -0.15) is 0 Å². The van der Waals surface area contributed by atoms with Crippen LogP contribution in [0.2, 0.25) is 0 Å². The van der Waals surface area contributed by atoms with Crippen LogP contribution >= 0.6 is 0 Å². The van der Waals surface area contributed by atoms with Crippen molar-refractivity contribution in [2.75, 3.05) is 33.2 Å². The first kappa shape index (κ1) is 13.5. The Morgan fingerprint density at radius 1 is 1.25 bits per heavy atom. The summed E-state index contributed by atoms with van der Waals surface area (Å²) < 4.78 is 0. The number of rotatable bonds is 2. The van der Waals surface area contributed by atoms with E-state index in [0.29, 0.717) is 6.42 Å². The van der Waals surface area contributed by atoms with Gasteiger partial charge in [0.2, 0.25) is 5.91 Å². The number of hydrogen-bond acceptors (Lipinski definition) is 3. The number of piperazine rings is 1. The predicted molar refractivity (Wildman–Crippen MR) is 66.1 cm³/mol. The molecule has 0 bridgehead atoms. The average Bonchev–Trinajstić information content (AvgIpc) is 2.17. The minimum absolute atomic E-state index is 0.00222. The zero-order valence-corrected chi connectivity index (χ0v) is 11.0. The van der Waals surface area contributed by atoms with Crippen LogP contribution in [0.3, 0.4) is 0 Å². The molecular weight excluding hydrogens is 202 g/mol. The summed E-state index contributed by atoms with van der Waals surface area (Å²) in [6.45, 7) is 9.85. The first-order chi connectivity index (χ1) is 7.30. The van der Waals surface area contributed by atoms with Gasteiger partial charge >= 0.3 is 0 Å². The number of nitrogens with zero attached hydrogens (tertiary/aromatic N) is 2. The van der Waals surface area contributed by atoms with Crippen molar-refractivity contribution >= 4 is 5.91 Å². The fraction of sp³-hybridized carbons (Fsp3) is 0.917. The Labute approximate surface area is 98.8 Å². The van der Waals surface area contributed by atoms with Crippen LogP contribution in [0, 0.1) is 5.41 Å². The van der Waals surface area contributed by atoms with Gasteiger partial charge in [-0.05, 0) is 12.5 Å². The van der Waals surface area contributed by atoms with Crippen molar-refractivity contribution in [2.45, 2.75) is 33.2 Å². The van der Waals surface area contributed by atoms with E-state index in [4.69, 9.17) is 5.73 Å². The highest BCUT2D eigenvalue weighted by atomic mass is 16.2. The Hall–Kier alpha value is -0.610. The Bertz CT molecular complexity index is 239. The molecule has 0 aliphatic carbocycles. The monoisotopic (exact) mass is 227 g/mol. The number of amides is 1. The summed E-state index contributed by atoms with van der Waals surface area (Å²) in [6.07, 6.45) is 0.465. The number of carbonyl (C=O) groups is 1. The van der Waals surface area contributed by atoms with E-state index in [9.17, 15) is 4.79 Å². The van der Waals surface area contributed by atoms with Crippen molar-refractivity contribution in [2.24, 2.45) is 11.1 Å². The van der Waals surface area contributed by atoms with Gasteiger partial charge in [0.15, 0.2) is 0 Å². The summed E-state index contributed by atoms with van der Waals surface area (Å²) in [5.74, 6) is 0.204. The molecule has 0 radical (unpaired) electrons. The molecule has 94 valence electrons. The molecule has 0 aromatic carbocycles. The van der Waals surface area contributed by atoms with Crippen LogP contribution in [-0.4, -0.2) is 55.0 Å². The first-order valence-corrected chi connectivity index (χ1v) is 6.02. The lowest BCUT2D eigenvalue weighted by Gasteiger charge is -2.34. The standard InChI is InChI=1S/C12H25N3O/c1-12(2,3)10(13)9-11(16)15-7-5-14(4)6-8-15/h10H,5-9,13H2,1-4H3. The molecule has 0 saturated carbocycles. The third-order valence-corrected chi connectivity index (χ3v) is 3.36. The molecule has 1 unspecified atom stereocenters. The summed E-state index contributed by atoms with van der Waals surface area (Å²) in [7, 11) is 2.09. The van der Waals surface area contributed by atoms with Crippen molar-refractivity contribution in [3.05, 3.63) is 0 Å². The van der Waals surface area contributed by atoms with Crippen molar-refractivity contribution in [1.29, 1.82) is 0 Å². The minimum atomic E-state index is -0.0559. The second kappa shape index (κ2) is 5.15. The normalized spacial score (nSPS) is 20.9. The van der Waals surface area contributed by atoms with Crippen LogP contribution < -0.4 is 5.73 Å². The third-order valence-electron chi connectivity index (χ3n) is 3.36. The lowest BCUT2D eigenvalue weighted by atomic mass is 9.85. The molecule has 1 rings (SSSR count). The molecule has 2 N–H and O–H groups in total. The maximum Gasteiger partial charge on any atom is 0.224 e. The van der Waals surface area contributed by atoms with Crippen LogP contribution in [0.4, 0.5) is 0 Å². The molecule has 1 atom stereocenters. The summed E-state index contributed by atoms with van der Waals surface area (Å²) in [5.41, 5.74) is 6.03. The van der Waals surface area contributed by atoms with Gasteiger partial charge in [0, 0.05) is 38.6 Å². The van der Waals surface area contributed by atoms with E-state index in [2.05, 4.69) is 32.7 Å². The molecule has 1 heterocycles. The zero-order chi connectivity index (χ0) is 12.3. The highest BCUT2D eigenvalue weighted by molar-refractivity contribution is 5.77. The molecule has 1 fully saturated rings. The minimum Gasteiger partial charge on any atom is -0.340 e. The van der Waals surface area contributed by atoms with E-state index in [0.717, 1.165) is 26.2 Å². The molecule has 0 spiro atoms. The lowest BCUT2D eigenvalue weighted by Crippen LogP contribution is -2.49. The Kier molecular flexibility index (Phi) is 4.33. The van der Waals surface area contributed by atoms with Crippen molar-refractivity contribution in [3.63, 3.8) is 0 Å². The van der Waals surface area contributed by atoms with E-state index in [1.54, 1.807) is 0 Å². The van der Waals surface area contributed by atoms with Gasteiger partial charge in [-0.3, -0.25) is 4.79 Å². The maximum atomic E-state index is 12.0. The molecule has 16 heavy (non-hydrogen) atoms. The molecule has 1 aliphatic rings. The Morgan fingerprint density at radius 3 is 2.19 bits per heavy atom. The largest absolute Gasteiger partial charge is 0.340 e. The average molecular weight is 227 g/mol. The molecule has 4 nitrogen and oxygen atoms in total. The summed E-state index contributed by atoms with van der Waals surface area (Å²) in [6, 6.07) is -0.0559. The van der Waals surface area contributed by atoms with E-state index in [-0.39, 0.29) is 17.4 Å². The molecular formula is C12H25N3O. The first-order valence-electron chi connectivity index (χ1n) is 6.02. The maximum absolute atomic E-state index is 12.0. The van der Waals surface area contributed by atoms with Crippen LogP contribution in [0.1, 0.15) is 27.2 Å². The number of hydrogen-bond donors (Lipinski definition) is 1. The topological polar surface area (TPSA) is 49.6 Å². The van der Waals surface area contributed by atoms with Crippen LogP contribution in [0.5, 0.6) is 0 Å². The summed E-state index contributed by atoms with van der Waals surface area (Å²) >= 11 is 0. The van der Waals surface area contributed by atoms with Gasteiger partial charge in [0.1, 0.15) is 0 Å². The lowest BCUT2D eigenvalue weighted by molar-refractivity contribution is -0.133. The number of nitrogens with two attached hydrogens (primary N) is 1. The van der Waals surface area contributed by atoms with Gasteiger partial charge in [-0.15, -0.1) is 0 Å². The molecule has 1 amide bonds. The zero-order valence-electron chi connectivity index (χ0n) is 11.0.